The lowest BCUT2D eigenvalue weighted by molar-refractivity contribution is -0.137. The highest BCUT2D eigenvalue weighted by atomic mass is 16.5. The lowest BCUT2D eigenvalue weighted by Gasteiger charge is -2.17. The fourth-order valence-electron chi connectivity index (χ4n) is 4.00. The van der Waals surface area contributed by atoms with Crippen molar-refractivity contribution in [2.24, 2.45) is 0 Å². The van der Waals surface area contributed by atoms with Crippen molar-refractivity contribution in [3.8, 4) is 11.1 Å². The van der Waals surface area contributed by atoms with Gasteiger partial charge in [-0.3, -0.25) is 9.59 Å². The minimum atomic E-state index is -0.786. The molecule has 1 unspecified atom stereocenters. The molecule has 0 bridgehead atoms. The molecule has 7 heteroatoms. The molecule has 0 radical (unpaired) electrons. The summed E-state index contributed by atoms with van der Waals surface area (Å²) >= 11 is 0. The first-order chi connectivity index (χ1) is 15.5. The molecule has 0 heterocycles. The number of aliphatic carboxylic acids is 1. The number of fused-ring (bicyclic) bond motifs is 3. The van der Waals surface area contributed by atoms with Crippen molar-refractivity contribution in [3.63, 3.8) is 0 Å². The molecule has 3 rings (SSSR count). The molecule has 7 nitrogen and oxygen atoms in total. The number of carboxylic acids is 1. The molecule has 0 fully saturated rings. The van der Waals surface area contributed by atoms with Crippen LogP contribution in [0.5, 0.6) is 0 Å². The summed E-state index contributed by atoms with van der Waals surface area (Å²) in [7, 11) is 0. The number of amides is 2. The molecule has 0 aromatic heterocycles. The van der Waals surface area contributed by atoms with Gasteiger partial charge in [-0.1, -0.05) is 61.4 Å². The van der Waals surface area contributed by atoms with Gasteiger partial charge in [0.15, 0.2) is 0 Å². The summed E-state index contributed by atoms with van der Waals surface area (Å²) in [6, 6.07) is 15.5. The first kappa shape index (κ1) is 23.3. The minimum absolute atomic E-state index is 0.0293. The molecule has 170 valence electrons. The summed E-state index contributed by atoms with van der Waals surface area (Å²) in [6.07, 6.45) is 2.62. The standard InChI is InChI=1S/C25H30N2O5/c1-17(24(30)26-15-9-3-2-4-14-23(28)29)27-25(31)32-16-22-20-12-7-5-10-18(20)19-11-6-8-13-21(19)22/h5-8,10-13,17,22H,2-4,9,14-16H2,1H3,(H,26,30)(H,27,31)(H,28,29). The highest BCUT2D eigenvalue weighted by molar-refractivity contribution is 5.85. The Morgan fingerprint density at radius 3 is 2.16 bits per heavy atom. The van der Waals surface area contributed by atoms with Crippen LogP contribution in [0.25, 0.3) is 11.1 Å². The molecule has 3 N–H and O–H groups in total. The lowest BCUT2D eigenvalue weighted by atomic mass is 9.98. The van der Waals surface area contributed by atoms with E-state index in [0.29, 0.717) is 13.0 Å². The zero-order valence-corrected chi connectivity index (χ0v) is 18.3. The molecular formula is C25H30N2O5. The Hall–Kier alpha value is -3.35. The number of hydrogen-bond acceptors (Lipinski definition) is 4. The highest BCUT2D eigenvalue weighted by Crippen LogP contribution is 2.44. The van der Waals surface area contributed by atoms with Crippen LogP contribution in [0, 0.1) is 0 Å². The molecule has 1 atom stereocenters. The number of hydrogen-bond donors (Lipinski definition) is 3. The van der Waals surface area contributed by atoms with Crippen molar-refractivity contribution in [1.29, 1.82) is 0 Å². The number of unbranched alkanes of at least 4 members (excludes halogenated alkanes) is 3. The molecule has 2 amide bonds. The number of carbonyl (C=O) groups is 3. The maximum atomic E-state index is 12.3. The van der Waals surface area contributed by atoms with E-state index < -0.39 is 18.1 Å². The first-order valence-corrected chi connectivity index (χ1v) is 11.1. The predicted octanol–water partition coefficient (Wildman–Crippen LogP) is 4.06. The van der Waals surface area contributed by atoms with Crippen LogP contribution in [0.15, 0.2) is 48.5 Å². The topological polar surface area (TPSA) is 105 Å². The van der Waals surface area contributed by atoms with Gasteiger partial charge in [0.05, 0.1) is 0 Å². The average molecular weight is 439 g/mol. The summed E-state index contributed by atoms with van der Waals surface area (Å²) in [5.41, 5.74) is 4.59. The van der Waals surface area contributed by atoms with E-state index in [1.165, 1.54) is 0 Å². The van der Waals surface area contributed by atoms with E-state index in [1.807, 2.05) is 24.3 Å². The molecule has 1 aliphatic carbocycles. The molecular weight excluding hydrogens is 408 g/mol. The number of nitrogens with one attached hydrogen (secondary N) is 2. The summed E-state index contributed by atoms with van der Waals surface area (Å²) in [6.45, 7) is 2.30. The lowest BCUT2D eigenvalue weighted by Crippen LogP contribution is -2.45. The molecule has 1 aliphatic rings. The van der Waals surface area contributed by atoms with Crippen LogP contribution >= 0.6 is 0 Å². The minimum Gasteiger partial charge on any atom is -0.481 e. The largest absolute Gasteiger partial charge is 0.481 e. The van der Waals surface area contributed by atoms with E-state index in [2.05, 4.69) is 34.9 Å². The Balaban J connectivity index is 1.40. The molecule has 2 aromatic carbocycles. The Kier molecular flexibility index (Phi) is 8.25. The van der Waals surface area contributed by atoms with Gasteiger partial charge >= 0.3 is 12.1 Å². The molecule has 0 saturated carbocycles. The van der Waals surface area contributed by atoms with E-state index in [4.69, 9.17) is 9.84 Å². The van der Waals surface area contributed by atoms with Crippen molar-refractivity contribution < 1.29 is 24.2 Å². The maximum absolute atomic E-state index is 12.3. The van der Waals surface area contributed by atoms with E-state index in [1.54, 1.807) is 6.92 Å². The van der Waals surface area contributed by atoms with Gasteiger partial charge in [-0.25, -0.2) is 4.79 Å². The van der Waals surface area contributed by atoms with Crippen LogP contribution < -0.4 is 10.6 Å². The van der Waals surface area contributed by atoms with Crippen molar-refractivity contribution >= 4 is 18.0 Å². The number of carbonyl (C=O) groups excluding carboxylic acids is 2. The molecule has 0 spiro atoms. The van der Waals surface area contributed by atoms with E-state index >= 15 is 0 Å². The van der Waals surface area contributed by atoms with Gasteiger partial charge in [0.2, 0.25) is 5.91 Å². The quantitative estimate of drug-likeness (QED) is 0.459. The monoisotopic (exact) mass is 438 g/mol. The maximum Gasteiger partial charge on any atom is 0.407 e. The SMILES string of the molecule is CC(NC(=O)OCC1c2ccccc2-c2ccccc21)C(=O)NCCCCCCC(=O)O. The van der Waals surface area contributed by atoms with Gasteiger partial charge < -0.3 is 20.5 Å². The second-order valence-corrected chi connectivity index (χ2v) is 8.04. The first-order valence-electron chi connectivity index (χ1n) is 11.1. The van der Waals surface area contributed by atoms with Gasteiger partial charge in [0.1, 0.15) is 12.6 Å². The zero-order valence-electron chi connectivity index (χ0n) is 18.3. The Labute approximate surface area is 188 Å². The van der Waals surface area contributed by atoms with Gasteiger partial charge in [-0.15, -0.1) is 0 Å². The smallest absolute Gasteiger partial charge is 0.407 e. The Bertz CT molecular complexity index is 913. The van der Waals surface area contributed by atoms with Gasteiger partial charge in [-0.2, -0.15) is 0 Å². The average Bonchev–Trinajstić information content (AvgIpc) is 3.10. The molecule has 0 aliphatic heterocycles. The third kappa shape index (κ3) is 6.09. The van der Waals surface area contributed by atoms with Crippen LogP contribution in [-0.4, -0.2) is 42.3 Å². The zero-order chi connectivity index (χ0) is 22.9. The Morgan fingerprint density at radius 1 is 0.938 bits per heavy atom. The van der Waals surface area contributed by atoms with Crippen LogP contribution in [0.2, 0.25) is 0 Å². The summed E-state index contributed by atoms with van der Waals surface area (Å²) < 4.78 is 5.47. The molecule has 32 heavy (non-hydrogen) atoms. The van der Waals surface area contributed by atoms with Gasteiger partial charge in [-0.05, 0) is 42.0 Å². The summed E-state index contributed by atoms with van der Waals surface area (Å²) in [4.78, 5) is 34.9. The number of alkyl carbamates (subject to hydrolysis) is 1. The van der Waals surface area contributed by atoms with Gasteiger partial charge in [0, 0.05) is 18.9 Å². The van der Waals surface area contributed by atoms with Crippen LogP contribution in [0.4, 0.5) is 4.79 Å². The summed E-state index contributed by atoms with van der Waals surface area (Å²) in [5.74, 6) is -1.09. The van der Waals surface area contributed by atoms with Crippen molar-refractivity contribution in [1.82, 2.24) is 10.6 Å². The number of rotatable bonds is 11. The van der Waals surface area contributed by atoms with Gasteiger partial charge in [0.25, 0.3) is 0 Å². The number of benzene rings is 2. The molecule has 0 saturated heterocycles. The third-order valence-corrected chi connectivity index (χ3v) is 5.69. The van der Waals surface area contributed by atoms with Crippen LogP contribution in [0.1, 0.15) is 56.1 Å². The van der Waals surface area contributed by atoms with E-state index in [9.17, 15) is 14.4 Å². The van der Waals surface area contributed by atoms with Crippen molar-refractivity contribution in [3.05, 3.63) is 59.7 Å². The van der Waals surface area contributed by atoms with E-state index in [0.717, 1.165) is 41.5 Å². The Morgan fingerprint density at radius 2 is 1.53 bits per heavy atom. The fraction of sp³-hybridized carbons (Fsp3) is 0.400. The molecule has 2 aromatic rings. The van der Waals surface area contributed by atoms with E-state index in [-0.39, 0.29) is 24.9 Å². The third-order valence-electron chi connectivity index (χ3n) is 5.69. The fourth-order valence-corrected chi connectivity index (χ4v) is 4.00. The second kappa shape index (κ2) is 11.3. The number of ether oxygens (including phenoxy) is 1. The second-order valence-electron chi connectivity index (χ2n) is 8.04. The highest BCUT2D eigenvalue weighted by Gasteiger charge is 2.29. The van der Waals surface area contributed by atoms with Crippen LogP contribution in [0.3, 0.4) is 0 Å². The van der Waals surface area contributed by atoms with Crippen molar-refractivity contribution in [2.75, 3.05) is 13.2 Å². The number of carboxylic acid groups (broad SMARTS) is 1. The van der Waals surface area contributed by atoms with Crippen molar-refractivity contribution in [2.45, 2.75) is 51.0 Å². The normalized spacial score (nSPS) is 13.0. The predicted molar refractivity (Wildman–Crippen MR) is 121 cm³/mol. The van der Waals surface area contributed by atoms with Crippen LogP contribution in [-0.2, 0) is 14.3 Å². The summed E-state index contributed by atoms with van der Waals surface area (Å²) in [5, 5.41) is 14.0.